The van der Waals surface area contributed by atoms with Crippen LogP contribution in [0.4, 0.5) is 11.4 Å². The minimum atomic E-state index is -0.465. The van der Waals surface area contributed by atoms with Crippen LogP contribution in [-0.2, 0) is 0 Å². The number of hydrogen-bond donors (Lipinski definition) is 1. The zero-order valence-corrected chi connectivity index (χ0v) is 10.6. The number of anilines is 1. The van der Waals surface area contributed by atoms with Crippen molar-refractivity contribution in [3.63, 3.8) is 0 Å². The molecule has 5 nitrogen and oxygen atoms in total. The first-order chi connectivity index (χ1) is 8.58. The normalized spacial score (nSPS) is 11.6. The third kappa shape index (κ3) is 3.74. The van der Waals surface area contributed by atoms with Gasteiger partial charge in [0.25, 0.3) is 5.69 Å². The number of nitrogens with zero attached hydrogens (tertiary/aromatic N) is 2. The highest BCUT2D eigenvalue weighted by Gasteiger charge is 2.14. The van der Waals surface area contributed by atoms with Crippen LogP contribution in [0.3, 0.4) is 0 Å². The standard InChI is InChI=1S/C13H17N3O2/c1-3-4-10(2)9-15-12-6-5-11(8-14)7-13(12)16(17)18/h5-7,10,15H,3-4,9H2,1-2H3. The van der Waals surface area contributed by atoms with Gasteiger partial charge in [0.05, 0.1) is 16.6 Å². The molecule has 0 heterocycles. The van der Waals surface area contributed by atoms with E-state index < -0.39 is 4.92 Å². The summed E-state index contributed by atoms with van der Waals surface area (Å²) < 4.78 is 0. The smallest absolute Gasteiger partial charge is 0.293 e. The number of nitrogens with one attached hydrogen (secondary N) is 1. The average molecular weight is 247 g/mol. The molecule has 1 N–H and O–H groups in total. The van der Waals surface area contributed by atoms with Crippen molar-refractivity contribution in [1.82, 2.24) is 0 Å². The van der Waals surface area contributed by atoms with Crippen molar-refractivity contribution in [2.75, 3.05) is 11.9 Å². The lowest BCUT2D eigenvalue weighted by Gasteiger charge is -2.12. The van der Waals surface area contributed by atoms with Crippen LogP contribution in [0.5, 0.6) is 0 Å². The van der Waals surface area contributed by atoms with Crippen LogP contribution >= 0.6 is 0 Å². The van der Waals surface area contributed by atoms with Crippen molar-refractivity contribution < 1.29 is 4.92 Å². The summed E-state index contributed by atoms with van der Waals surface area (Å²) in [4.78, 5) is 10.5. The van der Waals surface area contributed by atoms with Crippen LogP contribution in [0, 0.1) is 27.4 Å². The fraction of sp³-hybridized carbons (Fsp3) is 0.462. The predicted molar refractivity (Wildman–Crippen MR) is 70.4 cm³/mol. The second kappa shape index (κ2) is 6.60. The van der Waals surface area contributed by atoms with E-state index in [0.29, 0.717) is 23.7 Å². The molecule has 0 radical (unpaired) electrons. The minimum Gasteiger partial charge on any atom is -0.379 e. The van der Waals surface area contributed by atoms with E-state index in [2.05, 4.69) is 19.2 Å². The third-order valence-electron chi connectivity index (χ3n) is 2.75. The first-order valence-electron chi connectivity index (χ1n) is 6.00. The van der Waals surface area contributed by atoms with Crippen LogP contribution in [0.15, 0.2) is 18.2 Å². The van der Waals surface area contributed by atoms with Gasteiger partial charge in [0.1, 0.15) is 5.69 Å². The van der Waals surface area contributed by atoms with E-state index in [0.717, 1.165) is 12.8 Å². The van der Waals surface area contributed by atoms with Crippen LogP contribution in [-0.4, -0.2) is 11.5 Å². The molecule has 1 atom stereocenters. The molecule has 96 valence electrons. The van der Waals surface area contributed by atoms with E-state index in [4.69, 9.17) is 5.26 Å². The number of hydrogen-bond acceptors (Lipinski definition) is 4. The molecule has 0 fully saturated rings. The zero-order chi connectivity index (χ0) is 13.5. The lowest BCUT2D eigenvalue weighted by atomic mass is 10.1. The van der Waals surface area contributed by atoms with Gasteiger partial charge < -0.3 is 5.32 Å². The van der Waals surface area contributed by atoms with Crippen molar-refractivity contribution in [2.24, 2.45) is 5.92 Å². The molecule has 0 aliphatic heterocycles. The Hall–Kier alpha value is -2.09. The van der Waals surface area contributed by atoms with Gasteiger partial charge in [-0.25, -0.2) is 0 Å². The molecule has 1 aromatic rings. The van der Waals surface area contributed by atoms with Gasteiger partial charge in [-0.3, -0.25) is 10.1 Å². The third-order valence-corrected chi connectivity index (χ3v) is 2.75. The second-order valence-corrected chi connectivity index (χ2v) is 4.38. The average Bonchev–Trinajstić information content (AvgIpc) is 2.36. The van der Waals surface area contributed by atoms with E-state index in [9.17, 15) is 10.1 Å². The molecule has 0 saturated heterocycles. The van der Waals surface area contributed by atoms with E-state index in [1.54, 1.807) is 12.1 Å². The Balaban J connectivity index is 2.82. The van der Waals surface area contributed by atoms with E-state index in [1.165, 1.54) is 6.07 Å². The summed E-state index contributed by atoms with van der Waals surface area (Å²) in [5.74, 6) is 0.463. The van der Waals surface area contributed by atoms with Crippen molar-refractivity contribution in [2.45, 2.75) is 26.7 Å². The second-order valence-electron chi connectivity index (χ2n) is 4.38. The van der Waals surface area contributed by atoms with E-state index in [-0.39, 0.29) is 5.69 Å². The maximum atomic E-state index is 10.9. The van der Waals surface area contributed by atoms with Crippen LogP contribution in [0.1, 0.15) is 32.3 Å². The highest BCUT2D eigenvalue weighted by Crippen LogP contribution is 2.25. The summed E-state index contributed by atoms with van der Waals surface area (Å²) in [6.07, 6.45) is 2.18. The molecule has 0 saturated carbocycles. The van der Waals surface area contributed by atoms with Gasteiger partial charge in [-0.1, -0.05) is 20.3 Å². The first-order valence-corrected chi connectivity index (χ1v) is 6.00. The summed E-state index contributed by atoms with van der Waals surface area (Å²) >= 11 is 0. The molecule has 1 unspecified atom stereocenters. The quantitative estimate of drug-likeness (QED) is 0.617. The Kier molecular flexibility index (Phi) is 5.12. The SMILES string of the molecule is CCCC(C)CNc1ccc(C#N)cc1[N+](=O)[O-]. The van der Waals surface area contributed by atoms with Crippen molar-refractivity contribution in [3.05, 3.63) is 33.9 Å². The van der Waals surface area contributed by atoms with Gasteiger partial charge in [-0.05, 0) is 24.5 Å². The summed E-state index contributed by atoms with van der Waals surface area (Å²) in [6, 6.07) is 6.38. The van der Waals surface area contributed by atoms with Crippen LogP contribution in [0.2, 0.25) is 0 Å². The number of benzene rings is 1. The molecule has 18 heavy (non-hydrogen) atoms. The van der Waals surface area contributed by atoms with E-state index >= 15 is 0 Å². The Morgan fingerprint density at radius 1 is 1.56 bits per heavy atom. The number of rotatable bonds is 6. The summed E-state index contributed by atoms with van der Waals surface area (Å²) in [6.45, 7) is 4.91. The van der Waals surface area contributed by atoms with E-state index in [1.807, 2.05) is 6.07 Å². The molecule has 0 bridgehead atoms. The Morgan fingerprint density at radius 3 is 2.83 bits per heavy atom. The molecule has 0 amide bonds. The molecule has 0 aliphatic rings. The molecule has 1 rings (SSSR count). The summed E-state index contributed by atoms with van der Waals surface area (Å²) in [5, 5.41) is 22.7. The Bertz CT molecular complexity index is 466. The Labute approximate surface area is 107 Å². The lowest BCUT2D eigenvalue weighted by Crippen LogP contribution is -2.12. The molecular formula is C13H17N3O2. The Morgan fingerprint density at radius 2 is 2.28 bits per heavy atom. The first kappa shape index (κ1) is 14.0. The molecule has 5 heteroatoms. The fourth-order valence-electron chi connectivity index (χ4n) is 1.78. The van der Waals surface area contributed by atoms with Gasteiger partial charge >= 0.3 is 0 Å². The van der Waals surface area contributed by atoms with Crippen LogP contribution < -0.4 is 5.32 Å². The molecule has 0 spiro atoms. The van der Waals surface area contributed by atoms with Crippen LogP contribution in [0.25, 0.3) is 0 Å². The molecular weight excluding hydrogens is 230 g/mol. The van der Waals surface area contributed by atoms with Gasteiger partial charge in [0.15, 0.2) is 0 Å². The number of nitro groups is 1. The lowest BCUT2D eigenvalue weighted by molar-refractivity contribution is -0.384. The molecule has 0 aliphatic carbocycles. The van der Waals surface area contributed by atoms with Gasteiger partial charge in [0, 0.05) is 12.6 Å². The van der Waals surface area contributed by atoms with Gasteiger partial charge in [-0.2, -0.15) is 5.26 Å². The zero-order valence-electron chi connectivity index (χ0n) is 10.6. The monoisotopic (exact) mass is 247 g/mol. The topological polar surface area (TPSA) is 79.0 Å². The minimum absolute atomic E-state index is 0.0438. The fourth-order valence-corrected chi connectivity index (χ4v) is 1.78. The van der Waals surface area contributed by atoms with Crippen molar-refractivity contribution in [3.8, 4) is 6.07 Å². The summed E-state index contributed by atoms with van der Waals surface area (Å²) in [7, 11) is 0. The van der Waals surface area contributed by atoms with Gasteiger partial charge in [0.2, 0.25) is 0 Å². The highest BCUT2D eigenvalue weighted by atomic mass is 16.6. The largest absolute Gasteiger partial charge is 0.379 e. The number of nitro benzene ring substituents is 1. The van der Waals surface area contributed by atoms with Crippen molar-refractivity contribution >= 4 is 11.4 Å². The predicted octanol–water partition coefficient (Wildman–Crippen LogP) is 3.31. The summed E-state index contributed by atoms with van der Waals surface area (Å²) in [5.41, 5.74) is 0.730. The molecule has 1 aromatic carbocycles. The number of nitriles is 1. The van der Waals surface area contributed by atoms with Gasteiger partial charge in [-0.15, -0.1) is 0 Å². The molecule has 0 aromatic heterocycles. The van der Waals surface area contributed by atoms with Crippen molar-refractivity contribution in [1.29, 1.82) is 5.26 Å². The maximum Gasteiger partial charge on any atom is 0.293 e. The highest BCUT2D eigenvalue weighted by molar-refractivity contribution is 5.64. The maximum absolute atomic E-state index is 10.9.